The molecule has 0 saturated carbocycles. The van der Waals surface area contributed by atoms with Crippen LogP contribution in [0.15, 0.2) is 23.9 Å². The first-order valence-electron chi connectivity index (χ1n) is 4.56. The van der Waals surface area contributed by atoms with Crippen LogP contribution in [0.2, 0.25) is 0 Å². The second-order valence-corrected chi connectivity index (χ2v) is 4.63. The third-order valence-corrected chi connectivity index (χ3v) is 3.21. The van der Waals surface area contributed by atoms with Crippen molar-refractivity contribution in [3.63, 3.8) is 0 Å². The molecule has 1 heterocycles. The Morgan fingerprint density at radius 2 is 2.23 bits per heavy atom. The fourth-order valence-electron chi connectivity index (χ4n) is 1.57. The quantitative estimate of drug-likeness (QED) is 0.661. The predicted molar refractivity (Wildman–Crippen MR) is 57.8 cm³/mol. The molecule has 0 atom stereocenters. The summed E-state index contributed by atoms with van der Waals surface area (Å²) in [5.74, 6) is 0. The zero-order valence-corrected chi connectivity index (χ0v) is 8.82. The lowest BCUT2D eigenvalue weighted by Crippen LogP contribution is -1.87. The summed E-state index contributed by atoms with van der Waals surface area (Å²) in [5.41, 5.74) is 2.83. The highest BCUT2D eigenvalue weighted by Crippen LogP contribution is 2.29. The SMILES string of the molecule is CC1=CCCC(c2cnc(C)s2)=C1. The zero-order valence-electron chi connectivity index (χ0n) is 8.00. The monoisotopic (exact) mass is 191 g/mol. The van der Waals surface area contributed by atoms with Crippen molar-refractivity contribution < 1.29 is 0 Å². The fourth-order valence-corrected chi connectivity index (χ4v) is 2.39. The molecule has 0 aliphatic heterocycles. The molecule has 13 heavy (non-hydrogen) atoms. The van der Waals surface area contributed by atoms with Crippen LogP contribution in [0.4, 0.5) is 0 Å². The lowest BCUT2D eigenvalue weighted by Gasteiger charge is -2.08. The minimum absolute atomic E-state index is 1.16. The highest BCUT2D eigenvalue weighted by Gasteiger charge is 2.07. The molecule has 0 N–H and O–H groups in total. The summed E-state index contributed by atoms with van der Waals surface area (Å²) in [6, 6.07) is 0. The van der Waals surface area contributed by atoms with Gasteiger partial charge in [-0.05, 0) is 32.3 Å². The van der Waals surface area contributed by atoms with Gasteiger partial charge in [0.1, 0.15) is 0 Å². The fraction of sp³-hybridized carbons (Fsp3) is 0.364. The average molecular weight is 191 g/mol. The number of nitrogens with zero attached hydrogens (tertiary/aromatic N) is 1. The second-order valence-electron chi connectivity index (χ2n) is 3.40. The Kier molecular flexibility index (Phi) is 2.32. The summed E-state index contributed by atoms with van der Waals surface area (Å²) in [7, 11) is 0. The molecule has 1 nitrogen and oxygen atoms in total. The highest BCUT2D eigenvalue weighted by molar-refractivity contribution is 7.12. The van der Waals surface area contributed by atoms with Gasteiger partial charge in [0.05, 0.1) is 9.88 Å². The minimum atomic E-state index is 1.16. The van der Waals surface area contributed by atoms with Gasteiger partial charge >= 0.3 is 0 Å². The van der Waals surface area contributed by atoms with E-state index in [9.17, 15) is 0 Å². The lowest BCUT2D eigenvalue weighted by molar-refractivity contribution is 1.04. The van der Waals surface area contributed by atoms with Crippen molar-refractivity contribution in [1.29, 1.82) is 0 Å². The molecule has 0 radical (unpaired) electrons. The molecule has 1 aliphatic carbocycles. The van der Waals surface area contributed by atoms with Gasteiger partial charge in [-0.1, -0.05) is 17.7 Å². The summed E-state index contributed by atoms with van der Waals surface area (Å²) in [6.45, 7) is 4.22. The van der Waals surface area contributed by atoms with Gasteiger partial charge in [0, 0.05) is 6.20 Å². The number of aromatic nitrogens is 1. The van der Waals surface area contributed by atoms with Crippen LogP contribution in [0, 0.1) is 6.92 Å². The molecule has 2 rings (SSSR count). The van der Waals surface area contributed by atoms with Crippen LogP contribution in [-0.2, 0) is 0 Å². The van der Waals surface area contributed by atoms with Gasteiger partial charge in [-0.25, -0.2) is 4.98 Å². The van der Waals surface area contributed by atoms with E-state index in [4.69, 9.17) is 0 Å². The number of hydrogen-bond acceptors (Lipinski definition) is 2. The van der Waals surface area contributed by atoms with Gasteiger partial charge in [-0.2, -0.15) is 0 Å². The van der Waals surface area contributed by atoms with Gasteiger partial charge in [-0.15, -0.1) is 11.3 Å². The zero-order chi connectivity index (χ0) is 9.26. The molecule has 0 amide bonds. The molecule has 1 aromatic heterocycles. The highest BCUT2D eigenvalue weighted by atomic mass is 32.1. The molecular formula is C11H13NS. The first-order valence-corrected chi connectivity index (χ1v) is 5.37. The molecule has 0 spiro atoms. The Hall–Kier alpha value is -0.890. The molecule has 0 fully saturated rings. The Balaban J connectivity index is 2.31. The van der Waals surface area contributed by atoms with E-state index in [0.29, 0.717) is 0 Å². The molecule has 0 bridgehead atoms. The maximum Gasteiger partial charge on any atom is 0.0900 e. The molecule has 0 saturated heterocycles. The second kappa shape index (κ2) is 3.46. The van der Waals surface area contributed by atoms with Crippen LogP contribution >= 0.6 is 11.3 Å². The van der Waals surface area contributed by atoms with Crippen molar-refractivity contribution in [2.24, 2.45) is 0 Å². The summed E-state index contributed by atoms with van der Waals surface area (Å²) < 4.78 is 0. The molecule has 68 valence electrons. The first-order chi connectivity index (χ1) is 6.25. The van der Waals surface area contributed by atoms with Crippen LogP contribution < -0.4 is 0 Å². The predicted octanol–water partition coefficient (Wildman–Crippen LogP) is 3.58. The number of aryl methyl sites for hydroxylation is 1. The van der Waals surface area contributed by atoms with E-state index in [2.05, 4.69) is 31.0 Å². The third kappa shape index (κ3) is 1.89. The number of allylic oxidation sites excluding steroid dienone is 4. The number of thiazole rings is 1. The maximum absolute atomic E-state index is 4.28. The van der Waals surface area contributed by atoms with Crippen molar-refractivity contribution in [3.05, 3.63) is 33.8 Å². The maximum atomic E-state index is 4.28. The van der Waals surface area contributed by atoms with Crippen LogP contribution in [0.25, 0.3) is 5.57 Å². The van der Waals surface area contributed by atoms with E-state index in [-0.39, 0.29) is 0 Å². The normalized spacial score (nSPS) is 16.8. The molecule has 0 unspecified atom stereocenters. The van der Waals surface area contributed by atoms with Crippen LogP contribution in [-0.4, -0.2) is 4.98 Å². The van der Waals surface area contributed by atoms with Gasteiger partial charge in [0.15, 0.2) is 0 Å². The van der Waals surface area contributed by atoms with Crippen LogP contribution in [0.1, 0.15) is 29.7 Å². The van der Waals surface area contributed by atoms with Crippen LogP contribution in [0.3, 0.4) is 0 Å². The molecule has 2 heteroatoms. The largest absolute Gasteiger partial charge is 0.249 e. The van der Waals surface area contributed by atoms with Gasteiger partial charge in [0.25, 0.3) is 0 Å². The van der Waals surface area contributed by atoms with Crippen LogP contribution in [0.5, 0.6) is 0 Å². The van der Waals surface area contributed by atoms with Gasteiger partial charge in [0.2, 0.25) is 0 Å². The van der Waals surface area contributed by atoms with Gasteiger partial charge < -0.3 is 0 Å². The molecular weight excluding hydrogens is 178 g/mol. The number of rotatable bonds is 1. The number of hydrogen-bond donors (Lipinski definition) is 0. The Morgan fingerprint density at radius 1 is 1.38 bits per heavy atom. The Labute approximate surface area is 82.8 Å². The standard InChI is InChI=1S/C11H13NS/c1-8-4-3-5-10(6-8)11-7-12-9(2)13-11/h4,6-7H,3,5H2,1-2H3. The summed E-state index contributed by atoms with van der Waals surface area (Å²) in [5, 5.41) is 1.16. The van der Waals surface area contributed by atoms with E-state index in [1.807, 2.05) is 6.20 Å². The first kappa shape index (κ1) is 8.70. The van der Waals surface area contributed by atoms with Gasteiger partial charge in [-0.3, -0.25) is 0 Å². The molecule has 0 aromatic carbocycles. The van der Waals surface area contributed by atoms with Crippen molar-refractivity contribution in [3.8, 4) is 0 Å². The van der Waals surface area contributed by atoms with E-state index >= 15 is 0 Å². The smallest absolute Gasteiger partial charge is 0.0900 e. The van der Waals surface area contributed by atoms with Crippen molar-refractivity contribution in [1.82, 2.24) is 4.98 Å². The summed E-state index contributed by atoms with van der Waals surface area (Å²) >= 11 is 1.79. The lowest BCUT2D eigenvalue weighted by atomic mass is 10.00. The van der Waals surface area contributed by atoms with Crippen molar-refractivity contribution >= 4 is 16.9 Å². The van der Waals surface area contributed by atoms with E-state index in [1.165, 1.54) is 28.9 Å². The Bertz CT molecular complexity index is 371. The van der Waals surface area contributed by atoms with E-state index in [1.54, 1.807) is 11.3 Å². The molecule has 1 aromatic rings. The third-order valence-electron chi connectivity index (χ3n) is 2.22. The topological polar surface area (TPSA) is 12.9 Å². The summed E-state index contributed by atoms with van der Waals surface area (Å²) in [6.07, 6.45) is 8.89. The van der Waals surface area contributed by atoms with Crippen molar-refractivity contribution in [2.75, 3.05) is 0 Å². The van der Waals surface area contributed by atoms with E-state index in [0.717, 1.165) is 5.01 Å². The average Bonchev–Trinajstić information content (AvgIpc) is 2.52. The minimum Gasteiger partial charge on any atom is -0.249 e. The van der Waals surface area contributed by atoms with Crippen molar-refractivity contribution in [2.45, 2.75) is 26.7 Å². The van der Waals surface area contributed by atoms with E-state index < -0.39 is 0 Å². The summed E-state index contributed by atoms with van der Waals surface area (Å²) in [4.78, 5) is 5.61. The molecule has 1 aliphatic rings. The Morgan fingerprint density at radius 3 is 2.85 bits per heavy atom.